The highest BCUT2D eigenvalue weighted by molar-refractivity contribution is 8.00. The largest absolute Gasteiger partial charge is 0.490 e. The number of nitrogens with one attached hydrogen (secondary N) is 3. The van der Waals surface area contributed by atoms with Crippen LogP contribution in [-0.4, -0.2) is 39.2 Å². The van der Waals surface area contributed by atoms with Gasteiger partial charge in [-0.3, -0.25) is 14.6 Å². The number of carbonyl (C=O) groups excluding carboxylic acids is 1. The molecule has 9 nitrogen and oxygen atoms in total. The van der Waals surface area contributed by atoms with Crippen molar-refractivity contribution in [1.82, 2.24) is 20.6 Å². The molecule has 0 aliphatic heterocycles. The number of nitrogens with zero attached hydrogens (tertiary/aromatic N) is 2. The maximum atomic E-state index is 12.1. The fourth-order valence-electron chi connectivity index (χ4n) is 1.90. The van der Waals surface area contributed by atoms with Gasteiger partial charge in [0.1, 0.15) is 0 Å². The number of ether oxygens (including phenoxy) is 1. The zero-order chi connectivity index (χ0) is 20.7. The van der Waals surface area contributed by atoms with Crippen molar-refractivity contribution in [2.45, 2.75) is 30.5 Å². The van der Waals surface area contributed by atoms with Gasteiger partial charge >= 0.3 is 5.69 Å². The molecule has 12 heteroatoms. The fourth-order valence-corrected chi connectivity index (χ4v) is 3.26. The highest BCUT2D eigenvalue weighted by Crippen LogP contribution is 2.33. The van der Waals surface area contributed by atoms with Gasteiger partial charge in [-0.15, -0.1) is 0 Å². The van der Waals surface area contributed by atoms with Gasteiger partial charge in [-0.25, -0.2) is 15.3 Å². The first-order chi connectivity index (χ1) is 13.3. The second kappa shape index (κ2) is 10.3. The number of aromatic nitrogens is 3. The van der Waals surface area contributed by atoms with Crippen molar-refractivity contribution in [3.63, 3.8) is 0 Å². The van der Waals surface area contributed by atoms with Gasteiger partial charge in [0.2, 0.25) is 0 Å². The van der Waals surface area contributed by atoms with Gasteiger partial charge in [-0.2, -0.15) is 10.2 Å². The monoisotopic (exact) mass is 445 g/mol. The summed E-state index contributed by atoms with van der Waals surface area (Å²) >= 11 is 13.2. The summed E-state index contributed by atoms with van der Waals surface area (Å²) in [7, 11) is 0. The molecule has 2 rings (SSSR count). The average Bonchev–Trinajstić information content (AvgIpc) is 2.63. The molecule has 1 amide bonds. The van der Waals surface area contributed by atoms with Crippen molar-refractivity contribution in [2.75, 3.05) is 6.61 Å². The van der Waals surface area contributed by atoms with Crippen molar-refractivity contribution in [3.05, 3.63) is 48.6 Å². The summed E-state index contributed by atoms with van der Waals surface area (Å²) in [6, 6.07) is 3.21. The van der Waals surface area contributed by atoms with Crippen LogP contribution in [0.5, 0.6) is 5.75 Å². The fraction of sp³-hybridized carbons (Fsp3) is 0.312. The standard InChI is InChI=1S/C16H17Cl2N5O4S/c1-3-4-27-12-10(17)5-9(6-11(12)18)7-19-21-13(24)8(2)28-15-14(25)20-16(26)23-22-15/h5-8H,3-4H2,1-2H3,(H,21,24)(H2,20,23,25,26)/b19-7+. The highest BCUT2D eigenvalue weighted by Gasteiger charge is 2.17. The van der Waals surface area contributed by atoms with Crippen molar-refractivity contribution >= 4 is 47.1 Å². The van der Waals surface area contributed by atoms with Crippen LogP contribution in [0.15, 0.2) is 31.8 Å². The van der Waals surface area contributed by atoms with Gasteiger partial charge < -0.3 is 4.74 Å². The van der Waals surface area contributed by atoms with Crippen LogP contribution in [0.3, 0.4) is 0 Å². The van der Waals surface area contributed by atoms with E-state index in [1.54, 1.807) is 19.1 Å². The number of benzene rings is 1. The lowest BCUT2D eigenvalue weighted by Crippen LogP contribution is -2.30. The summed E-state index contributed by atoms with van der Waals surface area (Å²) < 4.78 is 5.48. The van der Waals surface area contributed by atoms with Crippen LogP contribution >= 0.6 is 35.0 Å². The van der Waals surface area contributed by atoms with Gasteiger partial charge in [0.25, 0.3) is 11.5 Å². The third-order valence-corrected chi connectivity index (χ3v) is 4.83. The number of rotatable bonds is 8. The number of H-pyrrole nitrogens is 2. The first-order valence-corrected chi connectivity index (χ1v) is 9.75. The molecule has 0 fully saturated rings. The Labute approximate surface area is 173 Å². The minimum absolute atomic E-state index is 0.0348. The number of hydrogen-bond donors (Lipinski definition) is 3. The topological polar surface area (TPSA) is 129 Å². The smallest absolute Gasteiger partial charge is 0.342 e. The van der Waals surface area contributed by atoms with Crippen molar-refractivity contribution in [3.8, 4) is 5.75 Å². The lowest BCUT2D eigenvalue weighted by Gasteiger charge is -2.10. The van der Waals surface area contributed by atoms with Crippen LogP contribution in [0.4, 0.5) is 0 Å². The Morgan fingerprint density at radius 1 is 1.39 bits per heavy atom. The van der Waals surface area contributed by atoms with Crippen LogP contribution in [0.1, 0.15) is 25.8 Å². The summed E-state index contributed by atoms with van der Waals surface area (Å²) in [5.74, 6) is -0.0660. The van der Waals surface area contributed by atoms with E-state index in [1.807, 2.05) is 11.9 Å². The Bertz CT molecular complexity index is 968. The predicted octanol–water partition coefficient (Wildman–Crippen LogP) is 2.18. The number of halogens is 2. The highest BCUT2D eigenvalue weighted by atomic mass is 35.5. The summed E-state index contributed by atoms with van der Waals surface area (Å²) in [6.07, 6.45) is 2.19. The molecule has 0 saturated carbocycles. The quantitative estimate of drug-likeness (QED) is 0.324. The molecular weight excluding hydrogens is 429 g/mol. The van der Waals surface area contributed by atoms with Gasteiger partial charge in [0.15, 0.2) is 10.8 Å². The van der Waals surface area contributed by atoms with E-state index in [2.05, 4.69) is 20.7 Å². The molecule has 0 bridgehead atoms. The summed E-state index contributed by atoms with van der Waals surface area (Å²) in [6.45, 7) is 4.02. The SMILES string of the molecule is CCCOc1c(Cl)cc(/C=N/NC(=O)C(C)Sc2n[nH]c(=O)[nH]c2=O)cc1Cl. The van der Waals surface area contributed by atoms with Gasteiger partial charge in [-0.1, -0.05) is 41.9 Å². The predicted molar refractivity (Wildman–Crippen MR) is 109 cm³/mol. The van der Waals surface area contributed by atoms with Crippen LogP contribution in [0.25, 0.3) is 0 Å². The second-order valence-electron chi connectivity index (χ2n) is 5.47. The summed E-state index contributed by atoms with van der Waals surface area (Å²) in [4.78, 5) is 36.7. The van der Waals surface area contributed by atoms with Crippen LogP contribution in [0.2, 0.25) is 10.0 Å². The number of thioether (sulfide) groups is 1. The van der Waals surface area contributed by atoms with E-state index < -0.39 is 22.4 Å². The summed E-state index contributed by atoms with van der Waals surface area (Å²) in [5, 5.41) is 9.50. The number of hydrazone groups is 1. The minimum atomic E-state index is -0.723. The van der Waals surface area contributed by atoms with Gasteiger partial charge in [0.05, 0.1) is 28.1 Å². The number of carbonyl (C=O) groups is 1. The number of amides is 1. The van der Waals surface area contributed by atoms with Crippen LogP contribution in [0, 0.1) is 0 Å². The van der Waals surface area contributed by atoms with E-state index >= 15 is 0 Å². The van der Waals surface area contributed by atoms with E-state index in [0.717, 1.165) is 18.2 Å². The Morgan fingerprint density at radius 3 is 2.68 bits per heavy atom. The zero-order valence-electron chi connectivity index (χ0n) is 14.9. The minimum Gasteiger partial charge on any atom is -0.490 e. The molecule has 1 atom stereocenters. The zero-order valence-corrected chi connectivity index (χ0v) is 17.2. The normalized spacial score (nSPS) is 12.1. The number of aromatic amines is 2. The molecule has 28 heavy (non-hydrogen) atoms. The van der Waals surface area contributed by atoms with E-state index in [1.165, 1.54) is 6.21 Å². The van der Waals surface area contributed by atoms with Gasteiger partial charge in [0, 0.05) is 0 Å². The second-order valence-corrected chi connectivity index (χ2v) is 7.61. The molecule has 1 unspecified atom stereocenters. The third-order valence-electron chi connectivity index (χ3n) is 3.20. The lowest BCUT2D eigenvalue weighted by molar-refractivity contribution is -0.120. The molecule has 1 aromatic carbocycles. The van der Waals surface area contributed by atoms with E-state index in [0.29, 0.717) is 28.0 Å². The molecule has 1 aromatic heterocycles. The Hall–Kier alpha value is -2.30. The Kier molecular flexibility index (Phi) is 8.09. The molecule has 0 spiro atoms. The molecule has 150 valence electrons. The molecule has 0 radical (unpaired) electrons. The molecule has 2 aromatic rings. The number of hydrogen-bond acceptors (Lipinski definition) is 7. The van der Waals surface area contributed by atoms with Crippen molar-refractivity contribution < 1.29 is 9.53 Å². The molecular formula is C16H17Cl2N5O4S. The Morgan fingerprint density at radius 2 is 2.07 bits per heavy atom. The first kappa shape index (κ1) is 22.0. The van der Waals surface area contributed by atoms with Gasteiger partial charge in [-0.05, 0) is 31.0 Å². The molecule has 0 aliphatic rings. The van der Waals surface area contributed by atoms with Crippen molar-refractivity contribution in [2.24, 2.45) is 5.10 Å². The maximum absolute atomic E-state index is 12.1. The van der Waals surface area contributed by atoms with E-state index in [4.69, 9.17) is 27.9 Å². The average molecular weight is 446 g/mol. The first-order valence-electron chi connectivity index (χ1n) is 8.12. The molecule has 0 aliphatic carbocycles. The van der Waals surface area contributed by atoms with Crippen molar-refractivity contribution in [1.29, 1.82) is 0 Å². The lowest BCUT2D eigenvalue weighted by atomic mass is 10.2. The van der Waals surface area contributed by atoms with Crippen LogP contribution < -0.4 is 21.4 Å². The van der Waals surface area contributed by atoms with E-state index in [-0.39, 0.29) is 5.03 Å². The maximum Gasteiger partial charge on any atom is 0.342 e. The third kappa shape index (κ3) is 6.11. The van der Waals surface area contributed by atoms with E-state index in [9.17, 15) is 14.4 Å². The molecule has 1 heterocycles. The molecule has 3 N–H and O–H groups in total. The molecule has 0 saturated heterocycles. The Balaban J connectivity index is 1.98. The van der Waals surface area contributed by atoms with Crippen LogP contribution in [-0.2, 0) is 4.79 Å². The summed E-state index contributed by atoms with van der Waals surface area (Å²) in [5.41, 5.74) is 1.52.